The van der Waals surface area contributed by atoms with E-state index in [1.165, 1.54) is 77.0 Å². The Balaban J connectivity index is 1.83. The van der Waals surface area contributed by atoms with Crippen LogP contribution in [0.5, 0.6) is 0 Å². The minimum atomic E-state index is 0.228. The van der Waals surface area contributed by atoms with Gasteiger partial charge in [-0.2, -0.15) is 0 Å². The van der Waals surface area contributed by atoms with Crippen LogP contribution in [0.1, 0.15) is 90.4 Å². The van der Waals surface area contributed by atoms with Gasteiger partial charge in [0.25, 0.3) is 0 Å². The number of hydrogen-bond donors (Lipinski definition) is 2. The molecule has 0 saturated heterocycles. The summed E-state index contributed by atoms with van der Waals surface area (Å²) in [6.45, 7) is 3.24. The number of unbranched alkanes of at least 4 members (excludes halogenated alkanes) is 10. The van der Waals surface area contributed by atoms with Gasteiger partial charge in [0.1, 0.15) is 0 Å². The average Bonchev–Trinajstić information content (AvgIpc) is 3.03. The molecule has 3 heteroatoms. The second-order valence-corrected chi connectivity index (χ2v) is 6.98. The first-order valence-corrected chi connectivity index (χ1v) is 10.3. The molecule has 24 heavy (non-hydrogen) atoms. The molecule has 0 aromatic rings. The van der Waals surface area contributed by atoms with E-state index in [1.54, 1.807) is 0 Å². The summed E-state index contributed by atoms with van der Waals surface area (Å²) in [5.74, 6) is 0. The molecule has 1 aliphatic heterocycles. The normalized spacial score (nSPS) is 17.1. The van der Waals surface area contributed by atoms with Gasteiger partial charge in [-0.3, -0.25) is 0 Å². The van der Waals surface area contributed by atoms with Crippen LogP contribution in [-0.4, -0.2) is 29.3 Å². The molecule has 0 aromatic heterocycles. The van der Waals surface area contributed by atoms with Crippen molar-refractivity contribution in [3.8, 4) is 0 Å². The number of allylic oxidation sites excluding steroid dienone is 2. The Morgan fingerprint density at radius 1 is 0.917 bits per heavy atom. The maximum atomic E-state index is 9.03. The fourth-order valence-electron chi connectivity index (χ4n) is 3.28. The molecule has 0 aromatic carbocycles. The fraction of sp³-hybridized carbons (Fsp3) is 0.810. The third kappa shape index (κ3) is 10.7. The van der Waals surface area contributed by atoms with Gasteiger partial charge in [0, 0.05) is 18.9 Å². The molecule has 0 amide bonds. The highest BCUT2D eigenvalue weighted by molar-refractivity contribution is 4.93. The van der Waals surface area contributed by atoms with E-state index in [1.807, 2.05) is 12.4 Å². The Kier molecular flexibility index (Phi) is 13.7. The van der Waals surface area contributed by atoms with Crippen LogP contribution >= 0.6 is 0 Å². The molecule has 2 N–H and O–H groups in total. The minimum absolute atomic E-state index is 0.228. The maximum absolute atomic E-state index is 9.03. The smallest absolute Gasteiger partial charge is 0.0982 e. The number of aliphatic hydroxyl groups is 1. The first-order valence-electron chi connectivity index (χ1n) is 10.3. The highest BCUT2D eigenvalue weighted by atomic mass is 16.3. The predicted octanol–water partition coefficient (Wildman–Crippen LogP) is 5.33. The van der Waals surface area contributed by atoms with E-state index in [9.17, 15) is 0 Å². The summed E-state index contributed by atoms with van der Waals surface area (Å²) in [7, 11) is 0. The van der Waals surface area contributed by atoms with Crippen molar-refractivity contribution in [2.24, 2.45) is 0 Å². The highest BCUT2D eigenvalue weighted by Crippen LogP contribution is 2.13. The van der Waals surface area contributed by atoms with E-state index in [0.717, 1.165) is 13.0 Å². The quantitative estimate of drug-likeness (QED) is 0.295. The zero-order valence-electron chi connectivity index (χ0n) is 15.9. The van der Waals surface area contributed by atoms with Crippen molar-refractivity contribution in [2.75, 3.05) is 13.2 Å². The standard InChI is InChI=1S/C21H40N2O/c1-2-3-4-5-6-7-8-9-10-11-12-13-14-15-16-21-22-17-18-23(21)19-20-24/h10-11,17-18,21-22,24H,2-9,12-16,19-20H2,1H3/b11-10+. The topological polar surface area (TPSA) is 35.5 Å². The number of nitrogens with one attached hydrogen (secondary N) is 1. The summed E-state index contributed by atoms with van der Waals surface area (Å²) in [4.78, 5) is 2.20. The summed E-state index contributed by atoms with van der Waals surface area (Å²) in [6.07, 6.45) is 26.5. The summed E-state index contributed by atoms with van der Waals surface area (Å²) >= 11 is 0. The van der Waals surface area contributed by atoms with Crippen LogP contribution in [0.4, 0.5) is 0 Å². The molecular weight excluding hydrogens is 296 g/mol. The number of rotatable bonds is 16. The van der Waals surface area contributed by atoms with Crippen LogP contribution in [0.3, 0.4) is 0 Å². The van der Waals surface area contributed by atoms with Gasteiger partial charge in [-0.1, -0.05) is 64.0 Å². The molecule has 1 heterocycles. The predicted molar refractivity (Wildman–Crippen MR) is 105 cm³/mol. The fourth-order valence-corrected chi connectivity index (χ4v) is 3.28. The third-order valence-corrected chi connectivity index (χ3v) is 4.80. The van der Waals surface area contributed by atoms with Crippen molar-refractivity contribution in [3.63, 3.8) is 0 Å². The molecule has 0 saturated carbocycles. The number of aliphatic hydroxyl groups excluding tert-OH is 1. The van der Waals surface area contributed by atoms with Gasteiger partial charge in [0.2, 0.25) is 0 Å². The molecule has 0 fully saturated rings. The Bertz CT molecular complexity index is 328. The monoisotopic (exact) mass is 336 g/mol. The molecule has 0 aliphatic carbocycles. The second kappa shape index (κ2) is 15.6. The molecule has 0 spiro atoms. The van der Waals surface area contributed by atoms with Gasteiger partial charge in [0.15, 0.2) is 0 Å². The molecule has 1 aliphatic rings. The summed E-state index contributed by atoms with van der Waals surface area (Å²) in [6, 6.07) is 0. The van der Waals surface area contributed by atoms with Crippen LogP contribution in [-0.2, 0) is 0 Å². The van der Waals surface area contributed by atoms with Crippen molar-refractivity contribution in [1.82, 2.24) is 10.2 Å². The van der Waals surface area contributed by atoms with E-state index in [-0.39, 0.29) is 6.61 Å². The molecule has 3 nitrogen and oxygen atoms in total. The SMILES string of the molecule is CCCCCCCCC/C=C/CCCCCC1NC=CN1CCO. The maximum Gasteiger partial charge on any atom is 0.0982 e. The number of β-amino-alcohol motifs (C(OH)–C–C–N with tert-alkyl or cyclic N) is 1. The Hall–Kier alpha value is -0.960. The van der Waals surface area contributed by atoms with Crippen molar-refractivity contribution in [3.05, 3.63) is 24.6 Å². The van der Waals surface area contributed by atoms with Gasteiger partial charge in [-0.15, -0.1) is 0 Å². The van der Waals surface area contributed by atoms with Crippen LogP contribution in [0.25, 0.3) is 0 Å². The van der Waals surface area contributed by atoms with E-state index in [4.69, 9.17) is 5.11 Å². The van der Waals surface area contributed by atoms with Crippen LogP contribution in [0.2, 0.25) is 0 Å². The molecule has 1 rings (SSSR count). The van der Waals surface area contributed by atoms with Crippen molar-refractivity contribution >= 4 is 0 Å². The number of nitrogens with zero attached hydrogens (tertiary/aromatic N) is 1. The van der Waals surface area contributed by atoms with Crippen molar-refractivity contribution < 1.29 is 5.11 Å². The lowest BCUT2D eigenvalue weighted by Gasteiger charge is -2.24. The lowest BCUT2D eigenvalue weighted by Crippen LogP contribution is -2.36. The molecular formula is C21H40N2O. The number of hydrogen-bond acceptors (Lipinski definition) is 3. The molecule has 0 radical (unpaired) electrons. The molecule has 140 valence electrons. The molecule has 1 unspecified atom stereocenters. The van der Waals surface area contributed by atoms with Gasteiger partial charge in [-0.25, -0.2) is 0 Å². The third-order valence-electron chi connectivity index (χ3n) is 4.80. The zero-order chi connectivity index (χ0) is 17.3. The van der Waals surface area contributed by atoms with E-state index in [2.05, 4.69) is 29.3 Å². The molecule has 0 bridgehead atoms. The van der Waals surface area contributed by atoms with Gasteiger partial charge < -0.3 is 15.3 Å². The van der Waals surface area contributed by atoms with Crippen LogP contribution < -0.4 is 5.32 Å². The molecule has 1 atom stereocenters. The van der Waals surface area contributed by atoms with Crippen molar-refractivity contribution in [1.29, 1.82) is 0 Å². The highest BCUT2D eigenvalue weighted by Gasteiger charge is 2.16. The summed E-state index contributed by atoms with van der Waals surface area (Å²) < 4.78 is 0. The Labute approximate surface area is 150 Å². The Morgan fingerprint density at radius 2 is 1.54 bits per heavy atom. The van der Waals surface area contributed by atoms with Gasteiger partial charge in [-0.05, 0) is 38.5 Å². The zero-order valence-corrected chi connectivity index (χ0v) is 15.9. The minimum Gasteiger partial charge on any atom is -0.395 e. The summed E-state index contributed by atoms with van der Waals surface area (Å²) in [5, 5.41) is 12.4. The van der Waals surface area contributed by atoms with E-state index < -0.39 is 0 Å². The van der Waals surface area contributed by atoms with Crippen molar-refractivity contribution in [2.45, 2.75) is 96.6 Å². The second-order valence-electron chi connectivity index (χ2n) is 6.98. The van der Waals surface area contributed by atoms with Gasteiger partial charge >= 0.3 is 0 Å². The Morgan fingerprint density at radius 3 is 2.21 bits per heavy atom. The first kappa shape index (κ1) is 21.1. The van der Waals surface area contributed by atoms with E-state index >= 15 is 0 Å². The largest absolute Gasteiger partial charge is 0.395 e. The lowest BCUT2D eigenvalue weighted by molar-refractivity contribution is 0.194. The lowest BCUT2D eigenvalue weighted by atomic mass is 10.1. The average molecular weight is 337 g/mol. The summed E-state index contributed by atoms with van der Waals surface area (Å²) in [5.41, 5.74) is 0. The first-order chi connectivity index (χ1) is 11.9. The van der Waals surface area contributed by atoms with Crippen LogP contribution in [0.15, 0.2) is 24.6 Å². The van der Waals surface area contributed by atoms with Crippen LogP contribution in [0, 0.1) is 0 Å². The van der Waals surface area contributed by atoms with Gasteiger partial charge in [0.05, 0.1) is 12.8 Å². The van der Waals surface area contributed by atoms with E-state index in [0.29, 0.717) is 6.17 Å².